The van der Waals surface area contributed by atoms with Crippen molar-refractivity contribution in [3.63, 3.8) is 0 Å². The van der Waals surface area contributed by atoms with E-state index in [0.717, 1.165) is 32.1 Å². The highest BCUT2D eigenvalue weighted by atomic mass is 16.6. The fourth-order valence-electron chi connectivity index (χ4n) is 5.29. The maximum Gasteiger partial charge on any atom is 0.332 e. The van der Waals surface area contributed by atoms with Gasteiger partial charge in [0.1, 0.15) is 12.1 Å². The molecule has 1 aliphatic heterocycles. The molecule has 2 heterocycles. The summed E-state index contributed by atoms with van der Waals surface area (Å²) in [6.45, 7) is 3.85. The number of aromatic nitrogens is 4. The number of aryl methyl sites for hydroxylation is 1. The number of tetrazole rings is 1. The van der Waals surface area contributed by atoms with Gasteiger partial charge in [-0.3, -0.25) is 9.59 Å². The number of hydrogen-bond acceptors (Lipinski definition) is 9. The standard InChI is InChI=1S/C26H36N6O5/c1-3-36-26(35)23(28-24(33)18-7-5-4-6-8-18)16(2)37-25(34)21-14-20-13-17(9-11-19(20)15-27-21)10-12-22-29-31-32-30-22/h4-8,16-17,19-21,23,27H,3,9-15H2,1-2H3,(H,28,33)(H,29,30,31,32)/t16-,17-,19+,20-,21+,23+/m1/s1/i21D. The van der Waals surface area contributed by atoms with Gasteiger partial charge in [0.2, 0.25) is 0 Å². The first kappa shape index (κ1) is 25.3. The zero-order valence-electron chi connectivity index (χ0n) is 22.3. The van der Waals surface area contributed by atoms with Crippen LogP contribution in [0.3, 0.4) is 0 Å². The van der Waals surface area contributed by atoms with Crippen LogP contribution in [0.5, 0.6) is 0 Å². The zero-order chi connectivity index (χ0) is 27.1. The Morgan fingerprint density at radius 2 is 2.00 bits per heavy atom. The third-order valence-electron chi connectivity index (χ3n) is 7.33. The monoisotopic (exact) mass is 513 g/mol. The van der Waals surface area contributed by atoms with Crippen molar-refractivity contribution in [2.24, 2.45) is 17.8 Å². The van der Waals surface area contributed by atoms with Crippen LogP contribution in [-0.2, 0) is 25.5 Å². The van der Waals surface area contributed by atoms with Gasteiger partial charge >= 0.3 is 11.9 Å². The molecular formula is C26H36N6O5. The van der Waals surface area contributed by atoms with Gasteiger partial charge in [0.05, 0.1) is 7.98 Å². The second kappa shape index (κ2) is 12.8. The molecule has 37 heavy (non-hydrogen) atoms. The van der Waals surface area contributed by atoms with Gasteiger partial charge in [-0.25, -0.2) is 4.79 Å². The molecule has 11 nitrogen and oxygen atoms in total. The number of esters is 2. The van der Waals surface area contributed by atoms with Crippen molar-refractivity contribution < 1.29 is 25.2 Å². The Kier molecular flexibility index (Phi) is 8.73. The Labute approximate surface area is 217 Å². The number of benzene rings is 1. The van der Waals surface area contributed by atoms with E-state index in [-0.39, 0.29) is 12.5 Å². The molecule has 1 saturated heterocycles. The molecule has 200 valence electrons. The molecule has 1 aromatic heterocycles. The van der Waals surface area contributed by atoms with E-state index in [0.29, 0.717) is 36.2 Å². The summed E-state index contributed by atoms with van der Waals surface area (Å²) in [4.78, 5) is 38.6. The summed E-state index contributed by atoms with van der Waals surface area (Å²) in [7, 11) is 0. The van der Waals surface area contributed by atoms with Crippen molar-refractivity contribution in [3.8, 4) is 0 Å². The van der Waals surface area contributed by atoms with E-state index < -0.39 is 36.0 Å². The number of H-pyrrole nitrogens is 1. The molecule has 6 atom stereocenters. The summed E-state index contributed by atoms with van der Waals surface area (Å²) in [5.41, 5.74) is 0.364. The maximum atomic E-state index is 13.2. The van der Waals surface area contributed by atoms with Crippen molar-refractivity contribution in [2.75, 3.05) is 13.2 Å². The van der Waals surface area contributed by atoms with Crippen LogP contribution >= 0.6 is 0 Å². The van der Waals surface area contributed by atoms with Crippen LogP contribution in [0.4, 0.5) is 0 Å². The van der Waals surface area contributed by atoms with Crippen molar-refractivity contribution in [3.05, 3.63) is 41.7 Å². The molecule has 2 aromatic rings. The molecule has 1 aliphatic carbocycles. The Balaban J connectivity index is 1.37. The first-order valence-corrected chi connectivity index (χ1v) is 13.0. The van der Waals surface area contributed by atoms with Gasteiger partial charge in [-0.15, -0.1) is 10.2 Å². The summed E-state index contributed by atoms with van der Waals surface area (Å²) in [5.74, 6) is -0.185. The van der Waals surface area contributed by atoms with Gasteiger partial charge < -0.3 is 20.1 Å². The van der Waals surface area contributed by atoms with Crippen molar-refractivity contribution in [2.45, 2.75) is 70.5 Å². The average molecular weight is 514 g/mol. The lowest BCUT2D eigenvalue weighted by molar-refractivity contribution is -0.159. The Bertz CT molecular complexity index is 1090. The smallest absolute Gasteiger partial charge is 0.332 e. The minimum absolute atomic E-state index is 0.109. The maximum absolute atomic E-state index is 13.2. The second-order valence-corrected chi connectivity index (χ2v) is 9.81. The summed E-state index contributed by atoms with van der Waals surface area (Å²) in [6, 6.07) is 5.60. The molecule has 1 amide bonds. The topological polar surface area (TPSA) is 148 Å². The molecule has 1 saturated carbocycles. The number of nitrogens with zero attached hydrogens (tertiary/aromatic N) is 3. The van der Waals surface area contributed by atoms with Gasteiger partial charge in [-0.2, -0.15) is 5.21 Å². The van der Waals surface area contributed by atoms with Crippen molar-refractivity contribution in [1.29, 1.82) is 0 Å². The molecule has 0 spiro atoms. The first-order chi connectivity index (χ1) is 18.3. The number of fused-ring (bicyclic) bond motifs is 1. The molecule has 3 N–H and O–H groups in total. The predicted octanol–water partition coefficient (Wildman–Crippen LogP) is 1.82. The summed E-state index contributed by atoms with van der Waals surface area (Å²) >= 11 is 0. The van der Waals surface area contributed by atoms with Crippen LogP contribution in [-0.4, -0.2) is 69.8 Å². The number of carbonyl (C=O) groups is 3. The highest BCUT2D eigenvalue weighted by molar-refractivity contribution is 5.97. The van der Waals surface area contributed by atoms with E-state index >= 15 is 0 Å². The largest absolute Gasteiger partial charge is 0.464 e. The minimum Gasteiger partial charge on any atom is -0.464 e. The zero-order valence-corrected chi connectivity index (χ0v) is 21.3. The van der Waals surface area contributed by atoms with Crippen LogP contribution in [0.1, 0.15) is 63.5 Å². The molecule has 0 bridgehead atoms. The molecule has 0 radical (unpaired) electrons. The Morgan fingerprint density at radius 3 is 2.73 bits per heavy atom. The molecule has 4 rings (SSSR count). The lowest BCUT2D eigenvalue weighted by Crippen LogP contribution is -2.54. The number of ether oxygens (including phenoxy) is 2. The van der Waals surface area contributed by atoms with Gasteiger partial charge in [0.15, 0.2) is 11.9 Å². The molecular weight excluding hydrogens is 476 g/mol. The normalized spacial score (nSPS) is 27.2. The third kappa shape index (κ3) is 7.12. The summed E-state index contributed by atoms with van der Waals surface area (Å²) < 4.78 is 19.7. The summed E-state index contributed by atoms with van der Waals surface area (Å²) in [5, 5.41) is 19.8. The van der Waals surface area contributed by atoms with Gasteiger partial charge in [0.25, 0.3) is 5.91 Å². The number of piperidine rings is 1. The fourth-order valence-corrected chi connectivity index (χ4v) is 5.29. The van der Waals surface area contributed by atoms with Crippen molar-refractivity contribution >= 4 is 17.8 Å². The lowest BCUT2D eigenvalue weighted by atomic mass is 9.69. The number of aromatic amines is 1. The quantitative estimate of drug-likeness (QED) is 0.405. The van der Waals surface area contributed by atoms with Gasteiger partial charge in [-0.05, 0) is 76.0 Å². The van der Waals surface area contributed by atoms with E-state index in [9.17, 15) is 14.4 Å². The molecule has 0 unspecified atom stereocenters. The third-order valence-corrected chi connectivity index (χ3v) is 7.33. The number of amides is 1. The van der Waals surface area contributed by atoms with E-state index in [1.807, 2.05) is 0 Å². The minimum atomic E-state index is -1.63. The number of carbonyl (C=O) groups excluding carboxylic acids is 3. The Morgan fingerprint density at radius 1 is 1.19 bits per heavy atom. The van der Waals surface area contributed by atoms with Gasteiger partial charge in [-0.1, -0.05) is 29.8 Å². The van der Waals surface area contributed by atoms with Crippen LogP contribution < -0.4 is 10.6 Å². The van der Waals surface area contributed by atoms with E-state index in [1.54, 1.807) is 37.3 Å². The molecule has 1 aromatic carbocycles. The van der Waals surface area contributed by atoms with Crippen LogP contribution in [0.15, 0.2) is 30.3 Å². The molecule has 2 aliphatic rings. The van der Waals surface area contributed by atoms with Crippen LogP contribution in [0, 0.1) is 17.8 Å². The lowest BCUT2D eigenvalue weighted by Gasteiger charge is -2.42. The highest BCUT2D eigenvalue weighted by Crippen LogP contribution is 2.40. The number of hydrogen-bond donors (Lipinski definition) is 3. The summed E-state index contributed by atoms with van der Waals surface area (Å²) in [6.07, 6.45) is 4.01. The van der Waals surface area contributed by atoms with Crippen LogP contribution in [0.25, 0.3) is 0 Å². The van der Waals surface area contributed by atoms with Crippen LogP contribution in [0.2, 0.25) is 0 Å². The number of nitrogens with one attached hydrogen (secondary N) is 3. The predicted molar refractivity (Wildman–Crippen MR) is 133 cm³/mol. The second-order valence-electron chi connectivity index (χ2n) is 9.81. The molecule has 2 fully saturated rings. The first-order valence-electron chi connectivity index (χ1n) is 13.5. The van der Waals surface area contributed by atoms with Gasteiger partial charge in [0, 0.05) is 12.0 Å². The average Bonchev–Trinajstić information content (AvgIpc) is 3.44. The Hall–Kier alpha value is -3.34. The fraction of sp³-hybridized carbons (Fsp3) is 0.615. The molecule has 11 heteroatoms. The SMILES string of the molecule is [2H][C@@]1(C(=O)O[C@H](C)[C@H](NC(=O)c2ccccc2)C(=O)OCC)C[C@H]2C[C@@H](CCc3nn[nH]n3)CC[C@H]2CN1. The van der Waals surface area contributed by atoms with Crippen molar-refractivity contribution in [1.82, 2.24) is 31.3 Å². The van der Waals surface area contributed by atoms with E-state index in [4.69, 9.17) is 10.8 Å². The number of rotatable bonds is 10. The van der Waals surface area contributed by atoms with E-state index in [2.05, 4.69) is 31.3 Å². The highest BCUT2D eigenvalue weighted by Gasteiger charge is 2.40. The van der Waals surface area contributed by atoms with E-state index in [1.165, 1.54) is 6.92 Å².